The molecular formula is C18H20FNO. The summed E-state index contributed by atoms with van der Waals surface area (Å²) in [6.07, 6.45) is 2.00. The monoisotopic (exact) mass is 285 g/mol. The third kappa shape index (κ3) is 2.79. The minimum Gasteiger partial charge on any atom is -0.497 e. The van der Waals surface area contributed by atoms with E-state index in [1.54, 1.807) is 19.2 Å². The summed E-state index contributed by atoms with van der Waals surface area (Å²) in [5.74, 6) is 0.643. The molecule has 21 heavy (non-hydrogen) atoms. The normalized spacial score (nSPS) is 20.9. The second kappa shape index (κ2) is 5.86. The molecule has 2 aromatic rings. The molecule has 2 aromatic carbocycles. The Labute approximate surface area is 125 Å². The van der Waals surface area contributed by atoms with Crippen molar-refractivity contribution in [1.29, 1.82) is 0 Å². The van der Waals surface area contributed by atoms with Gasteiger partial charge in [-0.15, -0.1) is 0 Å². The van der Waals surface area contributed by atoms with Gasteiger partial charge in [-0.3, -0.25) is 0 Å². The number of fused-ring (bicyclic) bond motifs is 1. The highest BCUT2D eigenvalue weighted by Crippen LogP contribution is 2.33. The maximum absolute atomic E-state index is 13.7. The first-order valence-electron chi connectivity index (χ1n) is 7.39. The number of benzene rings is 2. The van der Waals surface area contributed by atoms with E-state index >= 15 is 0 Å². The first-order chi connectivity index (χ1) is 10.2. The number of hydrogen-bond acceptors (Lipinski definition) is 2. The van der Waals surface area contributed by atoms with Gasteiger partial charge in [0.05, 0.1) is 13.2 Å². The van der Waals surface area contributed by atoms with Crippen molar-refractivity contribution in [1.82, 2.24) is 5.32 Å². The topological polar surface area (TPSA) is 21.3 Å². The van der Waals surface area contributed by atoms with E-state index in [1.165, 1.54) is 5.56 Å². The van der Waals surface area contributed by atoms with E-state index in [4.69, 9.17) is 4.74 Å². The summed E-state index contributed by atoms with van der Waals surface area (Å²) in [5, 5.41) is 3.63. The van der Waals surface area contributed by atoms with Gasteiger partial charge in [-0.1, -0.05) is 25.1 Å². The average Bonchev–Trinajstić information content (AvgIpc) is 2.54. The molecule has 0 bridgehead atoms. The van der Waals surface area contributed by atoms with E-state index in [-0.39, 0.29) is 11.9 Å². The summed E-state index contributed by atoms with van der Waals surface area (Å²) in [6, 6.07) is 13.5. The summed E-state index contributed by atoms with van der Waals surface area (Å²) in [5.41, 5.74) is 3.38. The minimum absolute atomic E-state index is 0.0181. The summed E-state index contributed by atoms with van der Waals surface area (Å²) in [4.78, 5) is 0. The standard InChI is InChI=1S/C18H20FNO/c1-3-15-9-12-7-8-14(19)11-17(12)18(20-15)13-5-4-6-16(10-13)21-2/h4-8,10-11,15,18,20H,3,9H2,1-2H3. The van der Waals surface area contributed by atoms with Crippen molar-refractivity contribution in [3.05, 3.63) is 65.0 Å². The van der Waals surface area contributed by atoms with Crippen LogP contribution in [-0.4, -0.2) is 13.2 Å². The molecule has 1 aliphatic heterocycles. The molecule has 0 saturated carbocycles. The lowest BCUT2D eigenvalue weighted by Crippen LogP contribution is -2.39. The maximum Gasteiger partial charge on any atom is 0.123 e. The van der Waals surface area contributed by atoms with Crippen molar-refractivity contribution in [3.8, 4) is 5.75 Å². The molecule has 2 atom stereocenters. The fourth-order valence-corrected chi connectivity index (χ4v) is 3.03. The average molecular weight is 285 g/mol. The lowest BCUT2D eigenvalue weighted by molar-refractivity contribution is 0.407. The van der Waals surface area contributed by atoms with Crippen molar-refractivity contribution in [2.75, 3.05) is 7.11 Å². The van der Waals surface area contributed by atoms with E-state index < -0.39 is 0 Å². The second-order valence-electron chi connectivity index (χ2n) is 5.53. The molecule has 0 spiro atoms. The molecule has 0 aliphatic carbocycles. The number of rotatable bonds is 3. The van der Waals surface area contributed by atoms with Gasteiger partial charge in [0, 0.05) is 6.04 Å². The highest BCUT2D eigenvalue weighted by molar-refractivity contribution is 5.42. The van der Waals surface area contributed by atoms with Crippen LogP contribution >= 0.6 is 0 Å². The van der Waals surface area contributed by atoms with Gasteiger partial charge in [0.1, 0.15) is 11.6 Å². The molecule has 1 heterocycles. The van der Waals surface area contributed by atoms with Gasteiger partial charge >= 0.3 is 0 Å². The van der Waals surface area contributed by atoms with Crippen LogP contribution in [0.3, 0.4) is 0 Å². The minimum atomic E-state index is -0.182. The quantitative estimate of drug-likeness (QED) is 0.925. The van der Waals surface area contributed by atoms with E-state index in [9.17, 15) is 4.39 Å². The van der Waals surface area contributed by atoms with Crippen molar-refractivity contribution in [2.24, 2.45) is 0 Å². The number of nitrogens with one attached hydrogen (secondary N) is 1. The summed E-state index contributed by atoms with van der Waals surface area (Å²) in [7, 11) is 1.66. The van der Waals surface area contributed by atoms with Crippen LogP contribution in [0.4, 0.5) is 4.39 Å². The first kappa shape index (κ1) is 14.1. The SMILES string of the molecule is CCC1Cc2ccc(F)cc2C(c2cccc(OC)c2)N1. The zero-order chi connectivity index (χ0) is 14.8. The highest BCUT2D eigenvalue weighted by Gasteiger charge is 2.27. The molecule has 0 aromatic heterocycles. The molecule has 2 nitrogen and oxygen atoms in total. The molecule has 1 N–H and O–H groups in total. The first-order valence-corrected chi connectivity index (χ1v) is 7.39. The van der Waals surface area contributed by atoms with Gasteiger partial charge in [-0.2, -0.15) is 0 Å². The van der Waals surface area contributed by atoms with Gasteiger partial charge in [0.25, 0.3) is 0 Å². The summed E-state index contributed by atoms with van der Waals surface area (Å²) >= 11 is 0. The molecule has 3 heteroatoms. The predicted molar refractivity (Wildman–Crippen MR) is 82.2 cm³/mol. The van der Waals surface area contributed by atoms with E-state index in [0.29, 0.717) is 6.04 Å². The van der Waals surface area contributed by atoms with Crippen LogP contribution in [0.2, 0.25) is 0 Å². The van der Waals surface area contributed by atoms with Gasteiger partial charge in [0.2, 0.25) is 0 Å². The lowest BCUT2D eigenvalue weighted by Gasteiger charge is -2.33. The molecule has 0 saturated heterocycles. The van der Waals surface area contributed by atoms with Gasteiger partial charge < -0.3 is 10.1 Å². The maximum atomic E-state index is 13.7. The van der Waals surface area contributed by atoms with Crippen LogP contribution < -0.4 is 10.1 Å². The zero-order valence-electron chi connectivity index (χ0n) is 12.4. The highest BCUT2D eigenvalue weighted by atomic mass is 19.1. The lowest BCUT2D eigenvalue weighted by atomic mass is 9.86. The summed E-state index contributed by atoms with van der Waals surface area (Å²) in [6.45, 7) is 2.18. The van der Waals surface area contributed by atoms with Crippen molar-refractivity contribution >= 4 is 0 Å². The van der Waals surface area contributed by atoms with Gasteiger partial charge in [-0.25, -0.2) is 4.39 Å². The fourth-order valence-electron chi connectivity index (χ4n) is 3.03. The van der Waals surface area contributed by atoms with Crippen molar-refractivity contribution in [2.45, 2.75) is 31.8 Å². The Hall–Kier alpha value is -1.87. The van der Waals surface area contributed by atoms with Crippen molar-refractivity contribution < 1.29 is 9.13 Å². The Morgan fingerprint density at radius 3 is 2.86 bits per heavy atom. The van der Waals surface area contributed by atoms with Gasteiger partial charge in [0.15, 0.2) is 0 Å². The smallest absolute Gasteiger partial charge is 0.123 e. The van der Waals surface area contributed by atoms with Crippen LogP contribution in [-0.2, 0) is 6.42 Å². The second-order valence-corrected chi connectivity index (χ2v) is 5.53. The molecule has 0 amide bonds. The van der Waals surface area contributed by atoms with Crippen LogP contribution in [0.25, 0.3) is 0 Å². The van der Waals surface area contributed by atoms with Crippen molar-refractivity contribution in [3.63, 3.8) is 0 Å². The molecule has 3 rings (SSSR count). The Morgan fingerprint density at radius 2 is 2.10 bits per heavy atom. The molecule has 110 valence electrons. The summed E-state index contributed by atoms with van der Waals surface area (Å²) < 4.78 is 19.0. The number of halogens is 1. The van der Waals surface area contributed by atoms with Crippen LogP contribution in [0.1, 0.15) is 36.1 Å². The number of methoxy groups -OCH3 is 1. The number of hydrogen-bond donors (Lipinski definition) is 1. The van der Waals surface area contributed by atoms with Crippen LogP contribution in [0.5, 0.6) is 5.75 Å². The molecule has 0 radical (unpaired) electrons. The number of ether oxygens (including phenoxy) is 1. The van der Waals surface area contributed by atoms with E-state index in [0.717, 1.165) is 29.7 Å². The third-order valence-electron chi connectivity index (χ3n) is 4.21. The Balaban J connectivity index is 2.06. The largest absolute Gasteiger partial charge is 0.497 e. The zero-order valence-corrected chi connectivity index (χ0v) is 12.4. The van der Waals surface area contributed by atoms with E-state index in [2.05, 4.69) is 18.3 Å². The molecule has 0 fully saturated rings. The molecular weight excluding hydrogens is 265 g/mol. The molecule has 2 unspecified atom stereocenters. The van der Waals surface area contributed by atoms with Crippen LogP contribution in [0, 0.1) is 5.82 Å². The third-order valence-corrected chi connectivity index (χ3v) is 4.21. The van der Waals surface area contributed by atoms with Gasteiger partial charge in [-0.05, 0) is 53.8 Å². The Kier molecular flexibility index (Phi) is 3.93. The van der Waals surface area contributed by atoms with Crippen LogP contribution in [0.15, 0.2) is 42.5 Å². The van der Waals surface area contributed by atoms with E-state index in [1.807, 2.05) is 24.3 Å². The Bertz CT molecular complexity index is 641. The fraction of sp³-hybridized carbons (Fsp3) is 0.333. The molecule has 1 aliphatic rings. The Morgan fingerprint density at radius 1 is 1.24 bits per heavy atom. The predicted octanol–water partition coefficient (Wildman–Crippen LogP) is 3.85.